The highest BCUT2D eigenvalue weighted by Crippen LogP contribution is 2.41. The Balaban J connectivity index is 2.45. The molecule has 4 nitrogen and oxygen atoms in total. The zero-order chi connectivity index (χ0) is 10.3. The second-order valence-electron chi connectivity index (χ2n) is 3.12. The molecule has 1 heterocycles. The maximum absolute atomic E-state index is 13.1. The molecular formula is C8H8F2N2O2. The van der Waals surface area contributed by atoms with Gasteiger partial charge in [0.1, 0.15) is 5.69 Å². The summed E-state index contributed by atoms with van der Waals surface area (Å²) in [5.74, 6) is -3.57. The summed E-state index contributed by atoms with van der Waals surface area (Å²) >= 11 is 0. The zero-order valence-electron chi connectivity index (χ0n) is 7.43. The molecule has 76 valence electrons. The number of carbonyl (C=O) groups excluding carboxylic acids is 1. The summed E-state index contributed by atoms with van der Waals surface area (Å²) in [6.07, 6.45) is -0.121. The van der Waals surface area contributed by atoms with Crippen LogP contribution >= 0.6 is 0 Å². The van der Waals surface area contributed by atoms with E-state index in [9.17, 15) is 13.6 Å². The first-order valence-corrected chi connectivity index (χ1v) is 4.10. The largest absolute Gasteiger partial charge is 0.464 e. The van der Waals surface area contributed by atoms with Gasteiger partial charge in [0, 0.05) is 12.0 Å². The van der Waals surface area contributed by atoms with Gasteiger partial charge in [0.15, 0.2) is 5.69 Å². The highest BCUT2D eigenvalue weighted by Gasteiger charge is 2.43. The SMILES string of the molecule is COC(=O)c1n[nH]c2c1CCC2(F)F. The predicted octanol–water partition coefficient (Wildman–Crippen LogP) is 1.23. The van der Waals surface area contributed by atoms with Crippen molar-refractivity contribution in [3.63, 3.8) is 0 Å². The quantitative estimate of drug-likeness (QED) is 0.697. The first kappa shape index (κ1) is 9.11. The smallest absolute Gasteiger partial charge is 0.358 e. The van der Waals surface area contributed by atoms with Crippen LogP contribution in [0.4, 0.5) is 8.78 Å². The van der Waals surface area contributed by atoms with Gasteiger partial charge in [0.25, 0.3) is 5.92 Å². The summed E-state index contributed by atoms with van der Waals surface area (Å²) in [5, 5.41) is 5.72. The Morgan fingerprint density at radius 2 is 2.36 bits per heavy atom. The maximum Gasteiger partial charge on any atom is 0.358 e. The lowest BCUT2D eigenvalue weighted by molar-refractivity contribution is -0.00648. The molecule has 1 N–H and O–H groups in total. The minimum Gasteiger partial charge on any atom is -0.464 e. The molecule has 0 fully saturated rings. The van der Waals surface area contributed by atoms with Crippen molar-refractivity contribution in [3.8, 4) is 0 Å². The number of esters is 1. The van der Waals surface area contributed by atoms with Crippen molar-refractivity contribution in [1.29, 1.82) is 0 Å². The molecule has 0 spiro atoms. The number of aromatic nitrogens is 2. The second-order valence-corrected chi connectivity index (χ2v) is 3.12. The van der Waals surface area contributed by atoms with Crippen molar-refractivity contribution < 1.29 is 18.3 Å². The van der Waals surface area contributed by atoms with Crippen LogP contribution in [0.2, 0.25) is 0 Å². The van der Waals surface area contributed by atoms with E-state index in [1.54, 1.807) is 0 Å². The average Bonchev–Trinajstić information content (AvgIpc) is 2.67. The Morgan fingerprint density at radius 3 is 3.00 bits per heavy atom. The minimum atomic E-state index is -2.89. The number of alkyl halides is 2. The Hall–Kier alpha value is -1.46. The molecule has 1 aromatic rings. The van der Waals surface area contributed by atoms with Crippen molar-refractivity contribution >= 4 is 5.97 Å². The molecule has 6 heteroatoms. The summed E-state index contributed by atoms with van der Waals surface area (Å²) in [5.41, 5.74) is -0.000532. The Kier molecular flexibility index (Phi) is 1.80. The molecule has 0 aliphatic heterocycles. The summed E-state index contributed by atoms with van der Waals surface area (Å²) in [4.78, 5) is 11.1. The van der Waals surface area contributed by atoms with Crippen LogP contribution in [-0.4, -0.2) is 23.3 Å². The number of halogens is 2. The van der Waals surface area contributed by atoms with Crippen LogP contribution in [0.1, 0.15) is 28.2 Å². The Morgan fingerprint density at radius 1 is 1.64 bits per heavy atom. The van der Waals surface area contributed by atoms with Crippen LogP contribution in [0.3, 0.4) is 0 Å². The first-order chi connectivity index (χ1) is 6.56. The highest BCUT2D eigenvalue weighted by atomic mass is 19.3. The van der Waals surface area contributed by atoms with E-state index >= 15 is 0 Å². The average molecular weight is 202 g/mol. The lowest BCUT2D eigenvalue weighted by Crippen LogP contribution is -2.08. The molecule has 2 rings (SSSR count). The van der Waals surface area contributed by atoms with Gasteiger partial charge in [-0.3, -0.25) is 5.10 Å². The normalized spacial score (nSPS) is 17.9. The molecule has 0 bridgehead atoms. The van der Waals surface area contributed by atoms with Crippen LogP contribution in [0.15, 0.2) is 0 Å². The van der Waals surface area contributed by atoms with Crippen molar-refractivity contribution in [2.75, 3.05) is 7.11 Å². The minimum absolute atomic E-state index is 0.0281. The summed E-state index contributed by atoms with van der Waals surface area (Å²) in [6.45, 7) is 0. The van der Waals surface area contributed by atoms with E-state index in [1.807, 2.05) is 0 Å². The molecule has 1 aromatic heterocycles. The monoisotopic (exact) mass is 202 g/mol. The number of nitrogens with one attached hydrogen (secondary N) is 1. The molecule has 0 saturated heterocycles. The fourth-order valence-electron chi connectivity index (χ4n) is 1.58. The first-order valence-electron chi connectivity index (χ1n) is 4.10. The molecule has 0 aromatic carbocycles. The third-order valence-electron chi connectivity index (χ3n) is 2.30. The Labute approximate surface area is 78.3 Å². The van der Waals surface area contributed by atoms with Gasteiger partial charge in [0.05, 0.1) is 7.11 Å². The van der Waals surface area contributed by atoms with Crippen LogP contribution in [-0.2, 0) is 17.1 Å². The van der Waals surface area contributed by atoms with Gasteiger partial charge in [-0.1, -0.05) is 0 Å². The summed E-state index contributed by atoms with van der Waals surface area (Å²) < 4.78 is 30.6. The second kappa shape index (κ2) is 2.76. The van der Waals surface area contributed by atoms with Crippen molar-refractivity contribution in [2.45, 2.75) is 18.8 Å². The van der Waals surface area contributed by atoms with Crippen LogP contribution in [0.25, 0.3) is 0 Å². The van der Waals surface area contributed by atoms with E-state index in [-0.39, 0.29) is 29.8 Å². The van der Waals surface area contributed by atoms with Gasteiger partial charge < -0.3 is 4.74 Å². The fourth-order valence-corrected chi connectivity index (χ4v) is 1.58. The number of ether oxygens (including phenoxy) is 1. The van der Waals surface area contributed by atoms with Crippen LogP contribution in [0, 0.1) is 0 Å². The molecule has 0 unspecified atom stereocenters. The molecule has 14 heavy (non-hydrogen) atoms. The van der Waals surface area contributed by atoms with Crippen LogP contribution < -0.4 is 0 Å². The van der Waals surface area contributed by atoms with Crippen molar-refractivity contribution in [2.24, 2.45) is 0 Å². The number of carbonyl (C=O) groups is 1. The van der Waals surface area contributed by atoms with Gasteiger partial charge in [-0.05, 0) is 6.42 Å². The number of methoxy groups -OCH3 is 1. The van der Waals surface area contributed by atoms with Crippen molar-refractivity contribution in [1.82, 2.24) is 10.2 Å². The fraction of sp³-hybridized carbons (Fsp3) is 0.500. The molecule has 1 aliphatic carbocycles. The van der Waals surface area contributed by atoms with Crippen LogP contribution in [0.5, 0.6) is 0 Å². The molecule has 0 amide bonds. The van der Waals surface area contributed by atoms with E-state index in [0.717, 1.165) is 0 Å². The van der Waals surface area contributed by atoms with E-state index in [0.29, 0.717) is 0 Å². The summed E-state index contributed by atoms with van der Waals surface area (Å²) in [7, 11) is 1.19. The van der Waals surface area contributed by atoms with E-state index in [1.165, 1.54) is 7.11 Å². The molecule has 0 atom stereocenters. The van der Waals surface area contributed by atoms with Gasteiger partial charge in [-0.15, -0.1) is 0 Å². The standard InChI is InChI=1S/C8H8F2N2O2/c1-14-7(13)5-4-2-3-8(9,10)6(4)12-11-5/h2-3H2,1H3,(H,11,12). The lowest BCUT2D eigenvalue weighted by atomic mass is 10.2. The zero-order valence-corrected chi connectivity index (χ0v) is 7.43. The van der Waals surface area contributed by atoms with E-state index in [4.69, 9.17) is 0 Å². The van der Waals surface area contributed by atoms with Gasteiger partial charge in [-0.25, -0.2) is 4.79 Å². The van der Waals surface area contributed by atoms with E-state index < -0.39 is 11.9 Å². The lowest BCUT2D eigenvalue weighted by Gasteiger charge is -2.05. The number of nitrogens with zero attached hydrogens (tertiary/aromatic N) is 1. The van der Waals surface area contributed by atoms with Gasteiger partial charge in [-0.2, -0.15) is 13.9 Å². The summed E-state index contributed by atoms with van der Waals surface area (Å²) in [6, 6.07) is 0. The molecular weight excluding hydrogens is 194 g/mol. The number of hydrogen-bond acceptors (Lipinski definition) is 3. The number of H-pyrrole nitrogens is 1. The number of hydrogen-bond donors (Lipinski definition) is 1. The molecule has 0 saturated carbocycles. The molecule has 0 radical (unpaired) electrons. The third-order valence-corrected chi connectivity index (χ3v) is 2.30. The highest BCUT2D eigenvalue weighted by molar-refractivity contribution is 5.89. The van der Waals surface area contributed by atoms with Gasteiger partial charge >= 0.3 is 5.97 Å². The maximum atomic E-state index is 13.1. The third kappa shape index (κ3) is 1.10. The number of aromatic amines is 1. The van der Waals surface area contributed by atoms with Crippen molar-refractivity contribution in [3.05, 3.63) is 17.0 Å². The number of fused-ring (bicyclic) bond motifs is 1. The topological polar surface area (TPSA) is 55.0 Å². The number of rotatable bonds is 1. The Bertz CT molecular complexity index is 387. The molecule has 1 aliphatic rings. The predicted molar refractivity (Wildman–Crippen MR) is 42.1 cm³/mol. The van der Waals surface area contributed by atoms with E-state index in [2.05, 4.69) is 14.9 Å². The van der Waals surface area contributed by atoms with Gasteiger partial charge in [0.2, 0.25) is 0 Å².